The molecule has 162 valence electrons. The van der Waals surface area contributed by atoms with Gasteiger partial charge in [-0.1, -0.05) is 55.1 Å². The van der Waals surface area contributed by atoms with Crippen molar-refractivity contribution in [1.82, 2.24) is 14.9 Å². The highest BCUT2D eigenvalue weighted by molar-refractivity contribution is 7.13. The van der Waals surface area contributed by atoms with E-state index < -0.39 is 0 Å². The van der Waals surface area contributed by atoms with Gasteiger partial charge in [0, 0.05) is 29.7 Å². The highest BCUT2D eigenvalue weighted by atomic mass is 35.5. The quantitative estimate of drug-likeness (QED) is 0.403. The van der Waals surface area contributed by atoms with Gasteiger partial charge in [-0.15, -0.1) is 17.9 Å². The first kappa shape index (κ1) is 21.8. The van der Waals surface area contributed by atoms with Gasteiger partial charge in [-0.25, -0.2) is 4.98 Å². The number of nitrogens with zero attached hydrogens (tertiary/aromatic N) is 2. The summed E-state index contributed by atoms with van der Waals surface area (Å²) in [4.78, 5) is 17.7. The number of hydrogen-bond acceptors (Lipinski definition) is 3. The Bertz CT molecular complexity index is 1080. The average Bonchev–Trinajstić information content (AvgIpc) is 3.39. The van der Waals surface area contributed by atoms with E-state index in [0.717, 1.165) is 34.2 Å². The zero-order chi connectivity index (χ0) is 21.8. The van der Waals surface area contributed by atoms with Crippen LogP contribution in [-0.4, -0.2) is 22.0 Å². The van der Waals surface area contributed by atoms with E-state index in [0.29, 0.717) is 23.0 Å². The molecule has 2 aromatic heterocycles. The summed E-state index contributed by atoms with van der Waals surface area (Å²) in [6, 6.07) is 9.76. The Morgan fingerprint density at radius 2 is 2.10 bits per heavy atom. The van der Waals surface area contributed by atoms with E-state index in [1.165, 1.54) is 32.1 Å². The fourth-order valence-corrected chi connectivity index (χ4v) is 5.49. The molecule has 0 radical (unpaired) electrons. The minimum Gasteiger partial charge on any atom is -0.349 e. The van der Waals surface area contributed by atoms with Crippen LogP contribution in [0.2, 0.25) is 5.02 Å². The molecule has 1 N–H and O–H groups in total. The molecule has 0 atom stereocenters. The number of nitrogens with one attached hydrogen (secondary N) is 1. The molecular formula is C25H28ClN3OS. The summed E-state index contributed by atoms with van der Waals surface area (Å²) in [6.07, 6.45) is 8.11. The van der Waals surface area contributed by atoms with E-state index in [4.69, 9.17) is 16.6 Å². The van der Waals surface area contributed by atoms with Crippen LogP contribution in [0.1, 0.15) is 48.2 Å². The summed E-state index contributed by atoms with van der Waals surface area (Å²) < 4.78 is 2.30. The van der Waals surface area contributed by atoms with Crippen molar-refractivity contribution in [1.29, 1.82) is 0 Å². The van der Waals surface area contributed by atoms with Gasteiger partial charge in [0.15, 0.2) is 0 Å². The van der Waals surface area contributed by atoms with Crippen molar-refractivity contribution in [2.75, 3.05) is 6.54 Å². The van der Waals surface area contributed by atoms with Crippen LogP contribution in [0.5, 0.6) is 0 Å². The van der Waals surface area contributed by atoms with Gasteiger partial charge >= 0.3 is 0 Å². The second kappa shape index (κ2) is 9.84. The molecule has 1 aromatic carbocycles. The van der Waals surface area contributed by atoms with Gasteiger partial charge in [0.05, 0.1) is 22.0 Å². The second-order valence-corrected chi connectivity index (χ2v) is 9.43. The van der Waals surface area contributed by atoms with Crippen molar-refractivity contribution in [2.45, 2.75) is 45.6 Å². The number of amides is 1. The molecule has 31 heavy (non-hydrogen) atoms. The molecule has 1 fully saturated rings. The molecule has 1 amide bonds. The number of aromatic nitrogens is 2. The average molecular weight is 454 g/mol. The molecule has 0 aliphatic heterocycles. The number of hydrogen-bond donors (Lipinski definition) is 1. The molecular weight excluding hydrogens is 426 g/mol. The van der Waals surface area contributed by atoms with Gasteiger partial charge in [0.1, 0.15) is 5.01 Å². The molecule has 4 nitrogen and oxygen atoms in total. The van der Waals surface area contributed by atoms with Crippen LogP contribution in [0.15, 0.2) is 48.4 Å². The Balaban J connectivity index is 1.72. The second-order valence-electron chi connectivity index (χ2n) is 8.16. The molecule has 0 bridgehead atoms. The minimum absolute atomic E-state index is 0.0670. The Morgan fingerprint density at radius 1 is 1.32 bits per heavy atom. The van der Waals surface area contributed by atoms with Gasteiger partial charge in [-0.3, -0.25) is 4.79 Å². The number of benzene rings is 1. The number of thiazole rings is 1. The molecule has 1 saturated carbocycles. The molecule has 2 heterocycles. The Kier molecular flexibility index (Phi) is 6.93. The van der Waals surface area contributed by atoms with Crippen LogP contribution >= 0.6 is 22.9 Å². The third-order valence-corrected chi connectivity index (χ3v) is 7.26. The summed E-state index contributed by atoms with van der Waals surface area (Å²) in [5.41, 5.74) is 4.53. The SMILES string of the molecule is C=CCNC(=O)c1cc(-c2csc(-c3ccccc3Cl)n2)n(CC2CCCCC2)c1C. The van der Waals surface area contributed by atoms with Crippen LogP contribution in [0, 0.1) is 12.8 Å². The summed E-state index contributed by atoms with van der Waals surface area (Å²) >= 11 is 7.98. The van der Waals surface area contributed by atoms with Crippen LogP contribution < -0.4 is 5.32 Å². The Hall–Kier alpha value is -2.37. The zero-order valence-electron chi connectivity index (χ0n) is 17.9. The van der Waals surface area contributed by atoms with Crippen molar-refractivity contribution in [3.8, 4) is 22.0 Å². The summed E-state index contributed by atoms with van der Waals surface area (Å²) in [7, 11) is 0. The third-order valence-electron chi connectivity index (χ3n) is 6.05. The standard InChI is InChI=1S/C25H28ClN3OS/c1-3-13-27-24(30)20-14-23(29(17(20)2)15-18-9-5-4-6-10-18)22-16-31-25(28-22)19-11-7-8-12-21(19)26/h3,7-8,11-12,14,16,18H,1,4-6,9-10,13,15H2,2H3,(H,27,30). The molecule has 1 aliphatic rings. The highest BCUT2D eigenvalue weighted by Gasteiger charge is 2.23. The lowest BCUT2D eigenvalue weighted by atomic mass is 9.89. The van der Waals surface area contributed by atoms with Crippen LogP contribution in [0.4, 0.5) is 0 Å². The van der Waals surface area contributed by atoms with E-state index >= 15 is 0 Å². The van der Waals surface area contributed by atoms with Crippen molar-refractivity contribution in [3.63, 3.8) is 0 Å². The van der Waals surface area contributed by atoms with Crippen molar-refractivity contribution < 1.29 is 4.79 Å². The van der Waals surface area contributed by atoms with Gasteiger partial charge in [0.25, 0.3) is 5.91 Å². The van der Waals surface area contributed by atoms with E-state index in [1.54, 1.807) is 17.4 Å². The molecule has 1 aliphatic carbocycles. The number of halogens is 1. The number of rotatable bonds is 7. The summed E-state index contributed by atoms with van der Waals surface area (Å²) in [5, 5.41) is 6.57. The smallest absolute Gasteiger partial charge is 0.253 e. The van der Waals surface area contributed by atoms with E-state index in [9.17, 15) is 4.79 Å². The Morgan fingerprint density at radius 3 is 2.84 bits per heavy atom. The minimum atomic E-state index is -0.0670. The Labute approximate surface area is 193 Å². The highest BCUT2D eigenvalue weighted by Crippen LogP contribution is 2.35. The maximum Gasteiger partial charge on any atom is 0.253 e. The molecule has 6 heteroatoms. The molecule has 0 unspecified atom stereocenters. The first-order valence-electron chi connectivity index (χ1n) is 10.9. The van der Waals surface area contributed by atoms with Gasteiger partial charge in [-0.2, -0.15) is 0 Å². The van der Waals surface area contributed by atoms with Crippen LogP contribution in [0.3, 0.4) is 0 Å². The van der Waals surface area contributed by atoms with Gasteiger partial charge < -0.3 is 9.88 Å². The normalized spacial score (nSPS) is 14.5. The lowest BCUT2D eigenvalue weighted by molar-refractivity contribution is 0.0957. The molecule has 0 spiro atoms. The summed E-state index contributed by atoms with van der Waals surface area (Å²) in [5.74, 6) is 0.576. The van der Waals surface area contributed by atoms with Gasteiger partial charge in [-0.05, 0) is 37.8 Å². The molecule has 3 aromatic rings. The number of carbonyl (C=O) groups excluding carboxylic acids is 1. The van der Waals surface area contributed by atoms with E-state index in [2.05, 4.69) is 21.8 Å². The monoisotopic (exact) mass is 453 g/mol. The fraction of sp³-hybridized carbons (Fsp3) is 0.360. The predicted octanol–water partition coefficient (Wildman–Crippen LogP) is 6.74. The van der Waals surface area contributed by atoms with Crippen molar-refractivity contribution in [2.24, 2.45) is 5.92 Å². The topological polar surface area (TPSA) is 46.9 Å². The van der Waals surface area contributed by atoms with Crippen molar-refractivity contribution >= 4 is 28.8 Å². The maximum absolute atomic E-state index is 12.8. The first-order valence-corrected chi connectivity index (χ1v) is 12.1. The van der Waals surface area contributed by atoms with E-state index in [1.807, 2.05) is 37.3 Å². The maximum atomic E-state index is 12.8. The van der Waals surface area contributed by atoms with Gasteiger partial charge in [0.2, 0.25) is 0 Å². The largest absolute Gasteiger partial charge is 0.349 e. The van der Waals surface area contributed by atoms with Crippen LogP contribution in [0.25, 0.3) is 22.0 Å². The fourth-order valence-electron chi connectivity index (χ4n) is 4.36. The third kappa shape index (κ3) is 4.78. The summed E-state index contributed by atoms with van der Waals surface area (Å²) in [6.45, 7) is 7.11. The lowest BCUT2D eigenvalue weighted by Gasteiger charge is -2.24. The van der Waals surface area contributed by atoms with Crippen LogP contribution in [-0.2, 0) is 6.54 Å². The first-order chi connectivity index (χ1) is 15.1. The predicted molar refractivity (Wildman–Crippen MR) is 130 cm³/mol. The zero-order valence-corrected chi connectivity index (χ0v) is 19.4. The molecule has 4 rings (SSSR count). The number of carbonyl (C=O) groups is 1. The molecule has 0 saturated heterocycles. The van der Waals surface area contributed by atoms with Crippen molar-refractivity contribution in [3.05, 3.63) is 64.6 Å². The lowest BCUT2D eigenvalue weighted by Crippen LogP contribution is -2.24. The van der Waals surface area contributed by atoms with E-state index in [-0.39, 0.29) is 5.91 Å².